The topological polar surface area (TPSA) is 69.6 Å². The van der Waals surface area contributed by atoms with Crippen LogP contribution in [-0.2, 0) is 4.79 Å². The number of aliphatic carboxylic acids is 1. The molecule has 1 unspecified atom stereocenters. The van der Waals surface area contributed by atoms with Crippen molar-refractivity contribution in [1.29, 1.82) is 0 Å². The fourth-order valence-electron chi connectivity index (χ4n) is 1.42. The number of carboxylic acids is 1. The van der Waals surface area contributed by atoms with Gasteiger partial charge in [-0.2, -0.15) is 0 Å². The first-order valence-electron chi connectivity index (χ1n) is 4.18. The molecule has 0 aliphatic carbocycles. The quantitative estimate of drug-likeness (QED) is 0.628. The highest BCUT2D eigenvalue weighted by Gasteiger charge is 2.22. The lowest BCUT2D eigenvalue weighted by molar-refractivity contribution is -0.136. The number of aliphatic hydroxyl groups excluding tert-OH is 1. The first-order valence-corrected chi connectivity index (χ1v) is 4.18. The Hall–Kier alpha value is -1.97. The zero-order chi connectivity index (χ0) is 10.1. The highest BCUT2D eigenvalue weighted by molar-refractivity contribution is 5.87. The maximum Gasteiger partial charge on any atom is 0.330 e. The van der Waals surface area contributed by atoms with Gasteiger partial charge >= 0.3 is 5.97 Å². The smallest absolute Gasteiger partial charge is 0.330 e. The Morgan fingerprint density at radius 3 is 2.79 bits per heavy atom. The molecule has 4 nitrogen and oxygen atoms in total. The van der Waals surface area contributed by atoms with Crippen molar-refractivity contribution in [1.82, 2.24) is 0 Å². The summed E-state index contributed by atoms with van der Waals surface area (Å²) in [5, 5.41) is 21.1. The van der Waals surface area contributed by atoms with Gasteiger partial charge in [-0.3, -0.25) is 0 Å². The van der Waals surface area contributed by atoms with Crippen LogP contribution in [0, 0.1) is 0 Å². The molecule has 0 spiro atoms. The summed E-state index contributed by atoms with van der Waals surface area (Å²) in [6, 6.07) is 6.17. The Labute approximate surface area is 80.5 Å². The molecule has 3 N–H and O–H groups in total. The second-order valence-electron chi connectivity index (χ2n) is 3.06. The van der Waals surface area contributed by atoms with Gasteiger partial charge in [0.1, 0.15) is 11.8 Å². The minimum atomic E-state index is -1.01. The highest BCUT2D eigenvalue weighted by atomic mass is 16.4. The summed E-state index contributed by atoms with van der Waals surface area (Å²) in [4.78, 5) is 10.7. The van der Waals surface area contributed by atoms with E-state index in [1.807, 2.05) is 0 Å². The van der Waals surface area contributed by atoms with Gasteiger partial charge in [0.2, 0.25) is 0 Å². The van der Waals surface area contributed by atoms with Gasteiger partial charge in [-0.15, -0.1) is 0 Å². The number of hydrogen-bond donors (Lipinski definition) is 3. The molecular formula is C10H9NO3. The van der Waals surface area contributed by atoms with Crippen molar-refractivity contribution in [3.05, 3.63) is 35.9 Å². The van der Waals surface area contributed by atoms with Crippen LogP contribution in [0.5, 0.6) is 0 Å². The summed E-state index contributed by atoms with van der Waals surface area (Å²) in [5.41, 5.74) is 1.27. The number of carboxylic acid groups (broad SMARTS) is 1. The van der Waals surface area contributed by atoms with Crippen LogP contribution in [0.4, 0.5) is 5.69 Å². The number of hydrogen-bond acceptors (Lipinski definition) is 3. The Bertz CT molecular complexity index is 412. The second kappa shape index (κ2) is 3.06. The van der Waals surface area contributed by atoms with Gasteiger partial charge in [0, 0.05) is 11.3 Å². The van der Waals surface area contributed by atoms with Crippen LogP contribution < -0.4 is 5.32 Å². The van der Waals surface area contributed by atoms with Crippen LogP contribution >= 0.6 is 0 Å². The SMILES string of the molecule is O=C(O)C1C=C(O)c2ccccc2N1. The van der Waals surface area contributed by atoms with E-state index >= 15 is 0 Å². The number of rotatable bonds is 1. The predicted octanol–water partition coefficient (Wildman–Crippen LogP) is 1.46. The van der Waals surface area contributed by atoms with E-state index in [-0.39, 0.29) is 5.76 Å². The minimum Gasteiger partial charge on any atom is -0.507 e. The monoisotopic (exact) mass is 191 g/mol. The fourth-order valence-corrected chi connectivity index (χ4v) is 1.42. The van der Waals surface area contributed by atoms with Crippen LogP contribution in [0.3, 0.4) is 0 Å². The van der Waals surface area contributed by atoms with E-state index in [1.165, 1.54) is 6.08 Å². The number of aliphatic hydroxyl groups is 1. The van der Waals surface area contributed by atoms with Crippen molar-refractivity contribution < 1.29 is 15.0 Å². The fraction of sp³-hybridized carbons (Fsp3) is 0.100. The first-order chi connectivity index (χ1) is 6.68. The summed E-state index contributed by atoms with van der Waals surface area (Å²) < 4.78 is 0. The molecule has 1 aromatic rings. The van der Waals surface area contributed by atoms with Gasteiger partial charge < -0.3 is 15.5 Å². The average Bonchev–Trinajstić information content (AvgIpc) is 2.17. The van der Waals surface area contributed by atoms with E-state index in [0.29, 0.717) is 11.3 Å². The lowest BCUT2D eigenvalue weighted by atomic mass is 10.0. The normalized spacial score (nSPS) is 19.1. The summed E-state index contributed by atoms with van der Waals surface area (Å²) in [5.74, 6) is -1.00. The van der Waals surface area contributed by atoms with Crippen LogP contribution in [-0.4, -0.2) is 22.2 Å². The van der Waals surface area contributed by atoms with Crippen molar-refractivity contribution in [3.63, 3.8) is 0 Å². The number of nitrogens with one attached hydrogen (secondary N) is 1. The van der Waals surface area contributed by atoms with E-state index in [1.54, 1.807) is 24.3 Å². The van der Waals surface area contributed by atoms with Crippen LogP contribution in [0.2, 0.25) is 0 Å². The largest absolute Gasteiger partial charge is 0.507 e. The van der Waals surface area contributed by atoms with Crippen LogP contribution in [0.25, 0.3) is 5.76 Å². The van der Waals surface area contributed by atoms with Gasteiger partial charge in [0.05, 0.1) is 0 Å². The molecule has 1 aromatic carbocycles. The number of carbonyl (C=O) groups is 1. The minimum absolute atomic E-state index is 0.00625. The maximum atomic E-state index is 10.7. The Morgan fingerprint density at radius 2 is 2.07 bits per heavy atom. The maximum absolute atomic E-state index is 10.7. The lowest BCUT2D eigenvalue weighted by Crippen LogP contribution is -2.30. The van der Waals surface area contributed by atoms with Gasteiger partial charge in [-0.05, 0) is 18.2 Å². The molecule has 0 fully saturated rings. The van der Waals surface area contributed by atoms with Gasteiger partial charge in [-0.25, -0.2) is 4.79 Å². The molecule has 1 aliphatic rings. The van der Waals surface area contributed by atoms with Gasteiger partial charge in [0.15, 0.2) is 0 Å². The van der Waals surface area contributed by atoms with E-state index < -0.39 is 12.0 Å². The highest BCUT2D eigenvalue weighted by Crippen LogP contribution is 2.27. The third-order valence-electron chi connectivity index (χ3n) is 2.10. The van der Waals surface area contributed by atoms with Crippen molar-refractivity contribution in [2.45, 2.75) is 6.04 Å². The van der Waals surface area contributed by atoms with Crippen molar-refractivity contribution in [2.24, 2.45) is 0 Å². The Kier molecular flexibility index (Phi) is 1.89. The third-order valence-corrected chi connectivity index (χ3v) is 2.10. The molecule has 2 rings (SSSR count). The molecule has 0 radical (unpaired) electrons. The van der Waals surface area contributed by atoms with E-state index in [0.717, 1.165) is 0 Å². The van der Waals surface area contributed by atoms with Gasteiger partial charge in [0.25, 0.3) is 0 Å². The number of benzene rings is 1. The lowest BCUT2D eigenvalue weighted by Gasteiger charge is -2.20. The summed E-state index contributed by atoms with van der Waals surface area (Å²) in [7, 11) is 0. The molecule has 1 aliphatic heterocycles. The zero-order valence-electron chi connectivity index (χ0n) is 7.27. The van der Waals surface area contributed by atoms with E-state index in [4.69, 9.17) is 5.11 Å². The zero-order valence-corrected chi connectivity index (χ0v) is 7.27. The molecule has 0 aromatic heterocycles. The van der Waals surface area contributed by atoms with Crippen LogP contribution in [0.1, 0.15) is 5.56 Å². The molecule has 0 saturated heterocycles. The molecule has 1 atom stereocenters. The first kappa shape index (κ1) is 8.62. The van der Waals surface area contributed by atoms with Crippen molar-refractivity contribution >= 4 is 17.4 Å². The molecular weight excluding hydrogens is 182 g/mol. The third kappa shape index (κ3) is 1.31. The average molecular weight is 191 g/mol. The summed E-state index contributed by atoms with van der Waals surface area (Å²) in [6.45, 7) is 0. The molecule has 0 amide bonds. The molecule has 0 bridgehead atoms. The summed E-state index contributed by atoms with van der Waals surface area (Å²) >= 11 is 0. The summed E-state index contributed by atoms with van der Waals surface area (Å²) in [6.07, 6.45) is 1.28. The van der Waals surface area contributed by atoms with Crippen LogP contribution in [0.15, 0.2) is 30.3 Å². The van der Waals surface area contributed by atoms with Crippen molar-refractivity contribution in [3.8, 4) is 0 Å². The Balaban J connectivity index is 2.44. The van der Waals surface area contributed by atoms with Gasteiger partial charge in [-0.1, -0.05) is 12.1 Å². The number of fused-ring (bicyclic) bond motifs is 1. The molecule has 4 heteroatoms. The number of para-hydroxylation sites is 1. The molecule has 72 valence electrons. The molecule has 0 saturated carbocycles. The standard InChI is InChI=1S/C10H9NO3/c12-9-5-8(10(13)14)11-7-4-2-1-3-6(7)9/h1-5,8,11-12H,(H,13,14). The van der Waals surface area contributed by atoms with E-state index in [9.17, 15) is 9.90 Å². The second-order valence-corrected chi connectivity index (χ2v) is 3.06. The predicted molar refractivity (Wildman–Crippen MR) is 52.1 cm³/mol. The van der Waals surface area contributed by atoms with E-state index in [2.05, 4.69) is 5.32 Å². The molecule has 14 heavy (non-hydrogen) atoms. The molecule has 1 heterocycles. The Morgan fingerprint density at radius 1 is 1.36 bits per heavy atom. The number of anilines is 1. The van der Waals surface area contributed by atoms with Crippen molar-refractivity contribution in [2.75, 3.05) is 5.32 Å².